The van der Waals surface area contributed by atoms with Crippen molar-refractivity contribution in [1.82, 2.24) is 0 Å². The average Bonchev–Trinajstić information content (AvgIpc) is 2.11. The molecule has 0 atom stereocenters. The van der Waals surface area contributed by atoms with Gasteiger partial charge in [0.1, 0.15) is 5.82 Å². The molecule has 0 amide bonds. The lowest BCUT2D eigenvalue weighted by atomic mass is 10.2. The molecule has 0 aliphatic rings. The number of benzene rings is 1. The van der Waals surface area contributed by atoms with Crippen molar-refractivity contribution in [3.63, 3.8) is 0 Å². The van der Waals surface area contributed by atoms with Gasteiger partial charge in [0.2, 0.25) is 0 Å². The lowest BCUT2D eigenvalue weighted by Crippen LogP contribution is -2.07. The Labute approximate surface area is 89.2 Å². The van der Waals surface area contributed by atoms with Crippen molar-refractivity contribution in [2.24, 2.45) is 0 Å². The zero-order valence-electron chi connectivity index (χ0n) is 7.51. The van der Waals surface area contributed by atoms with Crippen LogP contribution in [0.15, 0.2) is 16.6 Å². The molecule has 0 fully saturated rings. The molecular weight excluding hydrogens is 253 g/mol. The van der Waals surface area contributed by atoms with Crippen LogP contribution in [-0.2, 0) is 4.74 Å². The van der Waals surface area contributed by atoms with Crippen LogP contribution in [-0.4, -0.2) is 12.6 Å². The number of ether oxygens (including phenoxy) is 1. The van der Waals surface area contributed by atoms with Crippen LogP contribution in [0.25, 0.3) is 0 Å². The third-order valence-corrected chi connectivity index (χ3v) is 2.24. The highest BCUT2D eigenvalue weighted by Crippen LogP contribution is 2.23. The van der Waals surface area contributed by atoms with Gasteiger partial charge in [-0.1, -0.05) is 0 Å². The van der Waals surface area contributed by atoms with Gasteiger partial charge in [0, 0.05) is 4.47 Å². The maximum Gasteiger partial charge on any atom is 0.339 e. The predicted molar refractivity (Wildman–Crippen MR) is 54.5 cm³/mol. The van der Waals surface area contributed by atoms with E-state index in [-0.39, 0.29) is 17.9 Å². The fourth-order valence-corrected chi connectivity index (χ4v) is 1.45. The lowest BCUT2D eigenvalue weighted by Gasteiger charge is -2.05. The highest BCUT2D eigenvalue weighted by atomic mass is 79.9. The largest absolute Gasteiger partial charge is 0.462 e. The fourth-order valence-electron chi connectivity index (χ4n) is 0.927. The molecule has 76 valence electrons. The summed E-state index contributed by atoms with van der Waals surface area (Å²) >= 11 is 3.10. The number of nitrogen functional groups attached to an aromatic ring is 1. The molecule has 2 N–H and O–H groups in total. The van der Waals surface area contributed by atoms with Crippen LogP contribution in [0.4, 0.5) is 10.1 Å². The standard InChI is InChI=1S/C9H9BrFNO2/c1-2-14-9(13)5-3-7(11)8(12)4-6(5)10/h3-4H,2,12H2,1H3. The maximum absolute atomic E-state index is 13.0. The minimum atomic E-state index is -0.628. The summed E-state index contributed by atoms with van der Waals surface area (Å²) in [4.78, 5) is 11.3. The van der Waals surface area contributed by atoms with E-state index in [4.69, 9.17) is 10.5 Å². The van der Waals surface area contributed by atoms with Crippen molar-refractivity contribution < 1.29 is 13.9 Å². The molecule has 1 aromatic carbocycles. The SMILES string of the molecule is CCOC(=O)c1cc(F)c(N)cc1Br. The summed E-state index contributed by atoms with van der Waals surface area (Å²) in [6.45, 7) is 1.93. The maximum atomic E-state index is 13.0. The number of hydrogen-bond acceptors (Lipinski definition) is 3. The lowest BCUT2D eigenvalue weighted by molar-refractivity contribution is 0.0525. The van der Waals surface area contributed by atoms with Gasteiger partial charge in [-0.15, -0.1) is 0 Å². The topological polar surface area (TPSA) is 52.3 Å². The molecule has 0 bridgehead atoms. The van der Waals surface area contributed by atoms with Crippen LogP contribution < -0.4 is 5.73 Å². The molecule has 0 spiro atoms. The van der Waals surface area contributed by atoms with Gasteiger partial charge in [0.15, 0.2) is 0 Å². The minimum absolute atomic E-state index is 0.00933. The third-order valence-electron chi connectivity index (χ3n) is 1.58. The third kappa shape index (κ3) is 2.23. The summed E-state index contributed by atoms with van der Waals surface area (Å²) < 4.78 is 18.2. The Morgan fingerprint density at radius 3 is 2.86 bits per heavy atom. The minimum Gasteiger partial charge on any atom is -0.462 e. The zero-order chi connectivity index (χ0) is 10.7. The fraction of sp³-hybridized carbons (Fsp3) is 0.222. The van der Waals surface area contributed by atoms with Crippen molar-refractivity contribution >= 4 is 27.6 Å². The number of hydrogen-bond donors (Lipinski definition) is 1. The van der Waals surface area contributed by atoms with E-state index >= 15 is 0 Å². The van der Waals surface area contributed by atoms with E-state index < -0.39 is 11.8 Å². The Balaban J connectivity index is 3.09. The van der Waals surface area contributed by atoms with E-state index in [0.717, 1.165) is 6.07 Å². The summed E-state index contributed by atoms with van der Waals surface area (Å²) in [5.74, 6) is -1.20. The number of nitrogens with two attached hydrogens (primary N) is 1. The van der Waals surface area contributed by atoms with Crippen LogP contribution in [0.2, 0.25) is 0 Å². The number of carbonyl (C=O) groups excluding carboxylic acids is 1. The zero-order valence-corrected chi connectivity index (χ0v) is 9.10. The highest BCUT2D eigenvalue weighted by molar-refractivity contribution is 9.10. The Bertz CT molecular complexity index is 368. The van der Waals surface area contributed by atoms with E-state index in [9.17, 15) is 9.18 Å². The molecule has 0 saturated carbocycles. The van der Waals surface area contributed by atoms with Gasteiger partial charge in [-0.05, 0) is 35.0 Å². The second kappa shape index (κ2) is 4.41. The van der Waals surface area contributed by atoms with Crippen LogP contribution in [0, 0.1) is 5.82 Å². The molecule has 3 nitrogen and oxygen atoms in total. The van der Waals surface area contributed by atoms with Crippen LogP contribution >= 0.6 is 15.9 Å². The molecule has 0 heterocycles. The quantitative estimate of drug-likeness (QED) is 0.657. The number of anilines is 1. The Morgan fingerprint density at radius 2 is 2.29 bits per heavy atom. The first kappa shape index (κ1) is 11.0. The summed E-state index contributed by atoms with van der Waals surface area (Å²) in [5.41, 5.74) is 5.43. The van der Waals surface area contributed by atoms with Gasteiger partial charge >= 0.3 is 5.97 Å². The molecule has 14 heavy (non-hydrogen) atoms. The second-order valence-corrected chi connectivity index (χ2v) is 3.43. The van der Waals surface area contributed by atoms with Crippen LogP contribution in [0.1, 0.15) is 17.3 Å². The van der Waals surface area contributed by atoms with Crippen molar-refractivity contribution in [3.05, 3.63) is 28.0 Å². The van der Waals surface area contributed by atoms with Crippen LogP contribution in [0.3, 0.4) is 0 Å². The Hall–Kier alpha value is -1.10. The molecule has 0 aliphatic carbocycles. The monoisotopic (exact) mass is 261 g/mol. The second-order valence-electron chi connectivity index (χ2n) is 2.57. The summed E-state index contributed by atoms with van der Waals surface area (Å²) in [6.07, 6.45) is 0. The number of esters is 1. The summed E-state index contributed by atoms with van der Waals surface area (Å²) in [5, 5.41) is 0. The Morgan fingerprint density at radius 1 is 1.64 bits per heavy atom. The van der Waals surface area contributed by atoms with Crippen molar-refractivity contribution in [3.8, 4) is 0 Å². The van der Waals surface area contributed by atoms with E-state index in [0.29, 0.717) is 4.47 Å². The predicted octanol–water partition coefficient (Wildman–Crippen LogP) is 2.35. The highest BCUT2D eigenvalue weighted by Gasteiger charge is 2.13. The molecule has 0 radical (unpaired) electrons. The van der Waals surface area contributed by atoms with Crippen molar-refractivity contribution in [1.29, 1.82) is 0 Å². The molecule has 1 rings (SSSR count). The van der Waals surface area contributed by atoms with Gasteiger partial charge < -0.3 is 10.5 Å². The summed E-state index contributed by atoms with van der Waals surface area (Å²) in [6, 6.07) is 2.39. The number of halogens is 2. The van der Waals surface area contributed by atoms with Gasteiger partial charge in [0.25, 0.3) is 0 Å². The number of carbonyl (C=O) groups is 1. The first-order valence-electron chi connectivity index (χ1n) is 3.98. The first-order valence-corrected chi connectivity index (χ1v) is 4.77. The van der Waals surface area contributed by atoms with E-state index in [2.05, 4.69) is 15.9 Å². The van der Waals surface area contributed by atoms with Gasteiger partial charge in [0.05, 0.1) is 17.9 Å². The normalized spacial score (nSPS) is 9.93. The molecule has 0 unspecified atom stereocenters. The first-order chi connectivity index (χ1) is 6.56. The molecule has 0 aromatic heterocycles. The van der Waals surface area contributed by atoms with Gasteiger partial charge in [-0.3, -0.25) is 0 Å². The van der Waals surface area contributed by atoms with Gasteiger partial charge in [-0.2, -0.15) is 0 Å². The smallest absolute Gasteiger partial charge is 0.339 e. The molecule has 1 aromatic rings. The number of rotatable bonds is 2. The van der Waals surface area contributed by atoms with Crippen LogP contribution in [0.5, 0.6) is 0 Å². The average molecular weight is 262 g/mol. The summed E-state index contributed by atoms with van der Waals surface area (Å²) in [7, 11) is 0. The molecule has 0 aliphatic heterocycles. The van der Waals surface area contributed by atoms with Crippen molar-refractivity contribution in [2.75, 3.05) is 12.3 Å². The van der Waals surface area contributed by atoms with E-state index in [1.807, 2.05) is 0 Å². The van der Waals surface area contributed by atoms with Crippen molar-refractivity contribution in [2.45, 2.75) is 6.92 Å². The molecule has 0 saturated heterocycles. The molecular formula is C9H9BrFNO2. The molecule has 5 heteroatoms. The van der Waals surface area contributed by atoms with E-state index in [1.165, 1.54) is 6.07 Å². The van der Waals surface area contributed by atoms with Gasteiger partial charge in [-0.25, -0.2) is 9.18 Å². The Kier molecular flexibility index (Phi) is 3.46. The van der Waals surface area contributed by atoms with E-state index in [1.54, 1.807) is 6.92 Å².